The number of amides is 2. The Labute approximate surface area is 156 Å². The molecule has 0 saturated carbocycles. The Bertz CT molecular complexity index is 675. The van der Waals surface area contributed by atoms with Gasteiger partial charge in [-0.1, -0.05) is 12.2 Å². The molecule has 1 aromatic rings. The quantitative estimate of drug-likeness (QED) is 0.809. The number of benzene rings is 1. The first-order valence-electron chi connectivity index (χ1n) is 8.65. The molecule has 26 heavy (non-hydrogen) atoms. The Kier molecular flexibility index (Phi) is 7.68. The van der Waals surface area contributed by atoms with Crippen LogP contribution in [0.15, 0.2) is 18.2 Å². The molecule has 0 fully saturated rings. The Morgan fingerprint density at radius 3 is 2.31 bits per heavy atom. The Morgan fingerprint density at radius 2 is 1.85 bits per heavy atom. The second kappa shape index (κ2) is 9.27. The van der Waals surface area contributed by atoms with E-state index >= 15 is 0 Å². The average molecular weight is 362 g/mol. The summed E-state index contributed by atoms with van der Waals surface area (Å²) >= 11 is 0. The van der Waals surface area contributed by atoms with Gasteiger partial charge < -0.3 is 19.7 Å². The number of hydrogen-bond acceptors (Lipinski definition) is 4. The highest BCUT2D eigenvalue weighted by atomic mass is 16.5. The highest BCUT2D eigenvalue weighted by molar-refractivity contribution is 5.98. The summed E-state index contributed by atoms with van der Waals surface area (Å²) in [6, 6.07) is 3.38. The molecule has 0 heterocycles. The van der Waals surface area contributed by atoms with Crippen LogP contribution in [0.4, 0.5) is 0 Å². The molecule has 0 atom stereocenters. The second-order valence-electron chi connectivity index (χ2n) is 6.92. The molecule has 144 valence electrons. The Balaban J connectivity index is 3.16. The summed E-state index contributed by atoms with van der Waals surface area (Å²) < 4.78 is 10.8. The van der Waals surface area contributed by atoms with Crippen LogP contribution in [0.25, 0.3) is 6.08 Å². The van der Waals surface area contributed by atoms with Crippen LogP contribution in [0.2, 0.25) is 0 Å². The van der Waals surface area contributed by atoms with Crippen LogP contribution in [-0.4, -0.2) is 49.6 Å². The van der Waals surface area contributed by atoms with E-state index in [-0.39, 0.29) is 23.9 Å². The third-order valence-corrected chi connectivity index (χ3v) is 3.62. The first kappa shape index (κ1) is 21.5. The standard InChI is InChI=1S/C20H30N2O4/c1-8-10-14-11-15(12-16(25-6)18(14)26-7)19(24)22(9-2)13-17(23)21-20(3,4)5/h8,10-12H,9,13H2,1-7H3,(H,21,23)/b10-8+. The van der Waals surface area contributed by atoms with Gasteiger partial charge in [-0.25, -0.2) is 0 Å². The lowest BCUT2D eigenvalue weighted by atomic mass is 10.1. The van der Waals surface area contributed by atoms with Crippen LogP contribution in [-0.2, 0) is 4.79 Å². The molecule has 6 heteroatoms. The van der Waals surface area contributed by atoms with Gasteiger partial charge in [0.25, 0.3) is 5.91 Å². The molecule has 0 aliphatic rings. The van der Waals surface area contributed by atoms with E-state index in [1.165, 1.54) is 12.0 Å². The smallest absolute Gasteiger partial charge is 0.254 e. The van der Waals surface area contributed by atoms with Gasteiger partial charge in [0.05, 0.1) is 20.8 Å². The highest BCUT2D eigenvalue weighted by Gasteiger charge is 2.22. The summed E-state index contributed by atoms with van der Waals surface area (Å²) in [7, 11) is 3.08. The van der Waals surface area contributed by atoms with Gasteiger partial charge in [-0.2, -0.15) is 0 Å². The normalized spacial score (nSPS) is 11.3. The first-order valence-corrected chi connectivity index (χ1v) is 8.65. The van der Waals surface area contributed by atoms with Crippen molar-refractivity contribution in [2.24, 2.45) is 0 Å². The third kappa shape index (κ3) is 5.79. The van der Waals surface area contributed by atoms with Crippen molar-refractivity contribution in [3.8, 4) is 11.5 Å². The van der Waals surface area contributed by atoms with Gasteiger partial charge in [-0.15, -0.1) is 0 Å². The number of allylic oxidation sites excluding steroid dienone is 1. The fraction of sp³-hybridized carbons (Fsp3) is 0.500. The Morgan fingerprint density at radius 1 is 1.19 bits per heavy atom. The predicted molar refractivity (Wildman–Crippen MR) is 104 cm³/mol. The van der Waals surface area contributed by atoms with E-state index in [9.17, 15) is 9.59 Å². The van der Waals surface area contributed by atoms with Crippen LogP contribution in [0.1, 0.15) is 50.5 Å². The van der Waals surface area contributed by atoms with Gasteiger partial charge in [-0.05, 0) is 46.8 Å². The molecule has 0 bridgehead atoms. The van der Waals surface area contributed by atoms with E-state index in [0.717, 1.165) is 5.56 Å². The highest BCUT2D eigenvalue weighted by Crippen LogP contribution is 2.34. The molecule has 6 nitrogen and oxygen atoms in total. The number of methoxy groups -OCH3 is 2. The molecule has 0 aliphatic heterocycles. The Hall–Kier alpha value is -2.50. The van der Waals surface area contributed by atoms with Crippen molar-refractivity contribution in [1.29, 1.82) is 0 Å². The number of carbonyl (C=O) groups is 2. The largest absolute Gasteiger partial charge is 0.493 e. The summed E-state index contributed by atoms with van der Waals surface area (Å²) in [5.74, 6) is 0.613. The van der Waals surface area contributed by atoms with Crippen molar-refractivity contribution in [1.82, 2.24) is 10.2 Å². The van der Waals surface area contributed by atoms with Crippen molar-refractivity contribution >= 4 is 17.9 Å². The minimum atomic E-state index is -0.345. The minimum absolute atomic E-state index is 0.000101. The van der Waals surface area contributed by atoms with Gasteiger partial charge >= 0.3 is 0 Å². The van der Waals surface area contributed by atoms with E-state index < -0.39 is 0 Å². The molecule has 1 aromatic carbocycles. The van der Waals surface area contributed by atoms with Gasteiger partial charge in [0.15, 0.2) is 11.5 Å². The number of nitrogens with one attached hydrogen (secondary N) is 1. The van der Waals surface area contributed by atoms with E-state index in [1.54, 1.807) is 19.2 Å². The molecule has 0 radical (unpaired) electrons. The summed E-state index contributed by atoms with van der Waals surface area (Å²) in [5.41, 5.74) is 0.844. The number of hydrogen-bond donors (Lipinski definition) is 1. The molecule has 0 spiro atoms. The van der Waals surface area contributed by atoms with Crippen molar-refractivity contribution in [2.45, 2.75) is 40.2 Å². The van der Waals surface area contributed by atoms with Crippen LogP contribution >= 0.6 is 0 Å². The fourth-order valence-corrected chi connectivity index (χ4v) is 2.56. The molecule has 2 amide bonds. The second-order valence-corrected chi connectivity index (χ2v) is 6.92. The van der Waals surface area contributed by atoms with Crippen LogP contribution in [0.5, 0.6) is 11.5 Å². The van der Waals surface area contributed by atoms with Gasteiger partial charge in [0, 0.05) is 23.2 Å². The zero-order chi connectivity index (χ0) is 19.9. The van der Waals surface area contributed by atoms with Crippen molar-refractivity contribution < 1.29 is 19.1 Å². The molecule has 1 rings (SSSR count). The fourth-order valence-electron chi connectivity index (χ4n) is 2.56. The zero-order valence-electron chi connectivity index (χ0n) is 16.8. The van der Waals surface area contributed by atoms with E-state index in [1.807, 2.05) is 46.8 Å². The summed E-state index contributed by atoms with van der Waals surface area (Å²) in [5, 5.41) is 2.87. The van der Waals surface area contributed by atoms with Gasteiger partial charge in [-0.3, -0.25) is 9.59 Å². The minimum Gasteiger partial charge on any atom is -0.493 e. The first-order chi connectivity index (χ1) is 12.2. The molecular weight excluding hydrogens is 332 g/mol. The van der Waals surface area contributed by atoms with Crippen LogP contribution in [0.3, 0.4) is 0 Å². The summed E-state index contributed by atoms with van der Waals surface area (Å²) in [6.45, 7) is 9.86. The average Bonchev–Trinajstić information content (AvgIpc) is 2.56. The topological polar surface area (TPSA) is 67.9 Å². The molecule has 0 aromatic heterocycles. The maximum absolute atomic E-state index is 12.9. The van der Waals surface area contributed by atoms with E-state index in [2.05, 4.69) is 5.32 Å². The molecule has 0 saturated heterocycles. The van der Waals surface area contributed by atoms with Crippen molar-refractivity contribution in [3.05, 3.63) is 29.3 Å². The van der Waals surface area contributed by atoms with Crippen molar-refractivity contribution in [3.63, 3.8) is 0 Å². The lowest BCUT2D eigenvalue weighted by Crippen LogP contribution is -2.47. The zero-order valence-corrected chi connectivity index (χ0v) is 16.8. The summed E-state index contributed by atoms with van der Waals surface area (Å²) in [4.78, 5) is 26.6. The van der Waals surface area contributed by atoms with Gasteiger partial charge in [0.1, 0.15) is 0 Å². The molecule has 0 unspecified atom stereocenters. The monoisotopic (exact) mass is 362 g/mol. The lowest BCUT2D eigenvalue weighted by Gasteiger charge is -2.25. The number of carbonyl (C=O) groups excluding carboxylic acids is 2. The molecule has 0 aliphatic carbocycles. The lowest BCUT2D eigenvalue weighted by molar-refractivity contribution is -0.123. The van der Waals surface area contributed by atoms with E-state index in [4.69, 9.17) is 9.47 Å². The predicted octanol–water partition coefficient (Wildman–Crippen LogP) is 3.11. The molecule has 1 N–H and O–H groups in total. The van der Waals surface area contributed by atoms with Crippen molar-refractivity contribution in [2.75, 3.05) is 27.3 Å². The SMILES string of the molecule is C/C=C/c1cc(C(=O)N(CC)CC(=O)NC(C)(C)C)cc(OC)c1OC. The maximum Gasteiger partial charge on any atom is 0.254 e. The van der Waals surface area contributed by atoms with Crippen LogP contribution < -0.4 is 14.8 Å². The maximum atomic E-state index is 12.9. The van der Waals surface area contributed by atoms with Gasteiger partial charge in [0.2, 0.25) is 5.91 Å². The third-order valence-electron chi connectivity index (χ3n) is 3.62. The molecular formula is C20H30N2O4. The number of likely N-dealkylation sites (N-methyl/N-ethyl adjacent to an activating group) is 1. The van der Waals surface area contributed by atoms with Crippen LogP contribution in [0, 0.1) is 0 Å². The number of rotatable bonds is 7. The number of ether oxygens (including phenoxy) is 2. The van der Waals surface area contributed by atoms with E-state index in [0.29, 0.717) is 23.6 Å². The number of nitrogens with zero attached hydrogens (tertiary/aromatic N) is 1. The summed E-state index contributed by atoms with van der Waals surface area (Å²) in [6.07, 6.45) is 3.71.